The molecule has 0 radical (unpaired) electrons. The number of piperazine rings is 1. The number of likely N-dealkylation sites (N-methyl/N-ethyl adjacent to an activating group) is 2. The molecule has 0 aliphatic carbocycles. The lowest BCUT2D eigenvalue weighted by Gasteiger charge is -2.42. The number of aliphatic hydroxyl groups excluding tert-OH is 1. The molecule has 0 saturated carbocycles. The maximum Gasteiger partial charge on any atom is 0.318 e. The third-order valence-corrected chi connectivity index (χ3v) is 11.5. The monoisotopic (exact) mass is 745 g/mol. The van der Waals surface area contributed by atoms with E-state index in [1.54, 1.807) is 42.9 Å². The Labute approximate surface area is 318 Å². The van der Waals surface area contributed by atoms with Gasteiger partial charge >= 0.3 is 6.03 Å². The van der Waals surface area contributed by atoms with Gasteiger partial charge in [0.2, 0.25) is 17.7 Å². The molecule has 53 heavy (non-hydrogen) atoms. The van der Waals surface area contributed by atoms with Gasteiger partial charge in [0.25, 0.3) is 0 Å². The number of carbonyl (C=O) groups is 4. The predicted octanol–water partition coefficient (Wildman–Crippen LogP) is 3.00. The fourth-order valence-electron chi connectivity index (χ4n) is 8.09. The summed E-state index contributed by atoms with van der Waals surface area (Å²) in [5.41, 5.74) is 1.01. The number of benzene rings is 1. The number of amides is 5. The van der Waals surface area contributed by atoms with Crippen LogP contribution in [0.1, 0.15) is 72.8 Å². The van der Waals surface area contributed by atoms with Crippen LogP contribution in [0.15, 0.2) is 30.3 Å². The molecule has 2 fully saturated rings. The lowest BCUT2D eigenvalue weighted by atomic mass is 9.89. The summed E-state index contributed by atoms with van der Waals surface area (Å²) < 4.78 is 12.0. The van der Waals surface area contributed by atoms with Gasteiger partial charge in [-0.2, -0.15) is 0 Å². The van der Waals surface area contributed by atoms with Crippen LogP contribution in [0.3, 0.4) is 0 Å². The molecule has 0 spiro atoms. The molecule has 2 heterocycles. The summed E-state index contributed by atoms with van der Waals surface area (Å²) in [7, 11) is 6.91. The molecule has 1 aromatic carbocycles. The van der Waals surface area contributed by atoms with Crippen molar-refractivity contribution in [2.24, 2.45) is 17.8 Å². The Morgan fingerprint density at radius 1 is 0.981 bits per heavy atom. The molecular formula is C40H68N6O7. The van der Waals surface area contributed by atoms with E-state index >= 15 is 0 Å². The molecule has 1 aromatic rings. The third-order valence-electron chi connectivity index (χ3n) is 11.5. The minimum atomic E-state index is -0.754. The van der Waals surface area contributed by atoms with Gasteiger partial charge in [-0.1, -0.05) is 71.4 Å². The van der Waals surface area contributed by atoms with Gasteiger partial charge in [-0.05, 0) is 50.6 Å². The zero-order chi connectivity index (χ0) is 39.4. The normalized spacial score (nSPS) is 22.0. The average molecular weight is 745 g/mol. The molecule has 2 aliphatic rings. The molecule has 3 rings (SSSR count). The third kappa shape index (κ3) is 11.6. The molecule has 0 bridgehead atoms. The summed E-state index contributed by atoms with van der Waals surface area (Å²) in [6.45, 7) is 14.2. The molecule has 2 saturated heterocycles. The van der Waals surface area contributed by atoms with Crippen molar-refractivity contribution in [3.8, 4) is 0 Å². The fourth-order valence-corrected chi connectivity index (χ4v) is 8.09. The number of hydrogen-bond donors (Lipinski definition) is 3. The highest BCUT2D eigenvalue weighted by Gasteiger charge is 2.43. The Kier molecular flexibility index (Phi) is 17.5. The predicted molar refractivity (Wildman–Crippen MR) is 206 cm³/mol. The molecule has 0 aromatic heterocycles. The van der Waals surface area contributed by atoms with E-state index in [0.29, 0.717) is 25.9 Å². The number of likely N-dealkylation sites (tertiary alicyclic amines) is 1. The number of methoxy groups -OCH3 is 2. The Morgan fingerprint density at radius 3 is 2.23 bits per heavy atom. The summed E-state index contributed by atoms with van der Waals surface area (Å²) in [6, 6.07) is 7.49. The number of nitrogens with one attached hydrogen (secondary N) is 2. The lowest BCUT2D eigenvalue weighted by Crippen LogP contribution is -2.61. The number of carbonyl (C=O) groups excluding carboxylic acids is 4. The minimum Gasteiger partial charge on any atom is -0.394 e. The average Bonchev–Trinajstić information content (AvgIpc) is 3.62. The van der Waals surface area contributed by atoms with Crippen LogP contribution < -0.4 is 10.6 Å². The molecule has 0 unspecified atom stereocenters. The van der Waals surface area contributed by atoms with Crippen molar-refractivity contribution < 1.29 is 33.8 Å². The molecule has 300 valence electrons. The second-order valence-corrected chi connectivity index (χ2v) is 15.6. The number of hydrogen-bond acceptors (Lipinski definition) is 8. The zero-order valence-corrected chi connectivity index (χ0v) is 33.9. The molecule has 13 nitrogen and oxygen atoms in total. The van der Waals surface area contributed by atoms with Crippen molar-refractivity contribution in [3.63, 3.8) is 0 Å². The van der Waals surface area contributed by atoms with Crippen LogP contribution in [0.5, 0.6) is 0 Å². The Hall–Kier alpha value is -3.26. The van der Waals surface area contributed by atoms with Gasteiger partial charge in [0.15, 0.2) is 0 Å². The zero-order valence-electron chi connectivity index (χ0n) is 33.9. The summed E-state index contributed by atoms with van der Waals surface area (Å²) in [6.07, 6.45) is 1.56. The smallest absolute Gasteiger partial charge is 0.318 e. The van der Waals surface area contributed by atoms with E-state index in [0.717, 1.165) is 31.5 Å². The first-order valence-corrected chi connectivity index (χ1v) is 19.5. The highest BCUT2D eigenvalue weighted by molar-refractivity contribution is 5.88. The van der Waals surface area contributed by atoms with Crippen LogP contribution in [0.4, 0.5) is 4.79 Å². The Bertz CT molecular complexity index is 1320. The molecule has 2 aliphatic heterocycles. The Morgan fingerprint density at radius 2 is 1.66 bits per heavy atom. The van der Waals surface area contributed by atoms with E-state index in [1.807, 2.05) is 65.1 Å². The number of aliphatic hydroxyl groups is 1. The number of urea groups is 1. The minimum absolute atomic E-state index is 0.0111. The second kappa shape index (κ2) is 21.0. The SMILES string of the molecule is CC[C@H](C)[C@@H]([C@H](CC(=O)N1CCC[C@H]1[C@H](OC)[C@@H](C)C(=O)N[C@H](CO)Cc1ccccc1)OC)N(C)C(=O)[C@@H](NC(=O)N1CCN(C)C[C@@H]1C)C(C)C. The van der Waals surface area contributed by atoms with Gasteiger partial charge in [0.1, 0.15) is 6.04 Å². The summed E-state index contributed by atoms with van der Waals surface area (Å²) >= 11 is 0. The number of ether oxygens (including phenoxy) is 2. The molecule has 9 atom stereocenters. The van der Waals surface area contributed by atoms with Gasteiger partial charge < -0.3 is 44.8 Å². The van der Waals surface area contributed by atoms with Crippen molar-refractivity contribution in [3.05, 3.63) is 35.9 Å². The van der Waals surface area contributed by atoms with Crippen molar-refractivity contribution >= 4 is 23.8 Å². The molecule has 13 heteroatoms. The van der Waals surface area contributed by atoms with Crippen molar-refractivity contribution in [2.75, 3.05) is 61.1 Å². The molecular weight excluding hydrogens is 676 g/mol. The van der Waals surface area contributed by atoms with Crippen molar-refractivity contribution in [1.29, 1.82) is 0 Å². The molecule has 3 N–H and O–H groups in total. The van der Waals surface area contributed by atoms with E-state index in [1.165, 1.54) is 0 Å². The highest BCUT2D eigenvalue weighted by atomic mass is 16.5. The number of rotatable bonds is 18. The van der Waals surface area contributed by atoms with Crippen LogP contribution in [0.2, 0.25) is 0 Å². The lowest BCUT2D eigenvalue weighted by molar-refractivity contribution is -0.147. The van der Waals surface area contributed by atoms with Crippen molar-refractivity contribution in [2.45, 2.75) is 116 Å². The van der Waals surface area contributed by atoms with E-state index in [9.17, 15) is 24.3 Å². The number of nitrogens with zero attached hydrogens (tertiary/aromatic N) is 4. The fraction of sp³-hybridized carbons (Fsp3) is 0.750. The van der Waals surface area contributed by atoms with Gasteiger partial charge in [0.05, 0.1) is 49.3 Å². The van der Waals surface area contributed by atoms with Gasteiger partial charge in [0, 0.05) is 53.5 Å². The second-order valence-electron chi connectivity index (χ2n) is 15.6. The quantitative estimate of drug-likeness (QED) is 0.208. The van der Waals surface area contributed by atoms with Crippen molar-refractivity contribution in [1.82, 2.24) is 30.2 Å². The van der Waals surface area contributed by atoms with E-state index < -0.39 is 36.3 Å². The standard InChI is InChI=1S/C40H68N6O7/c1-11-27(4)36(44(8)39(50)35(26(2)3)42-40(51)45-21-20-43(7)24-28(45)5)33(52-9)23-34(48)46-19-15-18-32(46)37(53-10)29(6)38(49)41-31(25-47)22-30-16-13-12-14-17-30/h12-14,16-17,26-29,31-33,35-37,47H,11,15,18-25H2,1-10H3,(H,41,49)(H,42,51)/t27-,28-,29+,31-,32-,33-,35-,36-,37+/m0/s1. The summed E-state index contributed by atoms with van der Waals surface area (Å²) in [5, 5.41) is 16.1. The topological polar surface area (TPSA) is 144 Å². The van der Waals surface area contributed by atoms with Crippen LogP contribution in [-0.2, 0) is 30.3 Å². The van der Waals surface area contributed by atoms with Gasteiger partial charge in [-0.15, -0.1) is 0 Å². The first-order valence-electron chi connectivity index (χ1n) is 19.5. The first kappa shape index (κ1) is 44.1. The van der Waals surface area contributed by atoms with Gasteiger partial charge in [-0.25, -0.2) is 4.79 Å². The van der Waals surface area contributed by atoms with Crippen LogP contribution in [-0.4, -0.2) is 152 Å². The maximum absolute atomic E-state index is 14.2. The van der Waals surface area contributed by atoms with Gasteiger partial charge in [-0.3, -0.25) is 14.4 Å². The summed E-state index contributed by atoms with van der Waals surface area (Å²) in [5.74, 6) is -1.36. The summed E-state index contributed by atoms with van der Waals surface area (Å²) in [4.78, 5) is 62.8. The largest absolute Gasteiger partial charge is 0.394 e. The van der Waals surface area contributed by atoms with Crippen LogP contribution >= 0.6 is 0 Å². The van der Waals surface area contributed by atoms with E-state index in [4.69, 9.17) is 9.47 Å². The van der Waals surface area contributed by atoms with Crippen LogP contribution in [0.25, 0.3) is 0 Å². The van der Waals surface area contributed by atoms with E-state index in [-0.39, 0.29) is 60.7 Å². The highest BCUT2D eigenvalue weighted by Crippen LogP contribution is 2.30. The van der Waals surface area contributed by atoms with E-state index in [2.05, 4.69) is 22.5 Å². The Balaban J connectivity index is 1.74. The molecule has 5 amide bonds. The van der Waals surface area contributed by atoms with Crippen LogP contribution in [0, 0.1) is 17.8 Å². The first-order chi connectivity index (χ1) is 25.2. The maximum atomic E-state index is 14.2.